The number of carbonyl (C=O) groups excluding carboxylic acids is 1. The van der Waals surface area contributed by atoms with Gasteiger partial charge >= 0.3 is 6.03 Å². The molecule has 1 fully saturated rings. The molecule has 30 heavy (non-hydrogen) atoms. The van der Waals surface area contributed by atoms with Crippen molar-refractivity contribution in [2.75, 3.05) is 49.8 Å². The summed E-state index contributed by atoms with van der Waals surface area (Å²) in [5.74, 6) is 1.57. The highest BCUT2D eigenvalue weighted by molar-refractivity contribution is 5.89. The van der Waals surface area contributed by atoms with Crippen molar-refractivity contribution in [2.45, 2.75) is 26.0 Å². The third kappa shape index (κ3) is 4.52. The Bertz CT molecular complexity index is 893. The number of fused-ring (bicyclic) bond motifs is 1. The molecule has 4 rings (SSSR count). The van der Waals surface area contributed by atoms with Gasteiger partial charge in [-0.3, -0.25) is 0 Å². The Balaban J connectivity index is 1.61. The lowest BCUT2D eigenvalue weighted by molar-refractivity contribution is 0.0952. The van der Waals surface area contributed by atoms with Crippen LogP contribution in [-0.4, -0.2) is 61.6 Å². The van der Waals surface area contributed by atoms with Crippen LogP contribution in [0.2, 0.25) is 0 Å². The maximum Gasteiger partial charge on any atom is 0.319 e. The Hall–Kier alpha value is -2.78. The van der Waals surface area contributed by atoms with Crippen molar-refractivity contribution >= 4 is 17.5 Å². The minimum atomic E-state index is -0.600. The predicted octanol–water partition coefficient (Wildman–Crippen LogP) is 2.53. The number of rotatable bonds is 5. The molecule has 1 aromatic carbocycles. The van der Waals surface area contributed by atoms with E-state index in [0.29, 0.717) is 37.9 Å². The molecule has 1 unspecified atom stereocenters. The Kier molecular flexibility index (Phi) is 6.39. The first-order chi connectivity index (χ1) is 14.7. The fourth-order valence-corrected chi connectivity index (χ4v) is 3.66. The van der Waals surface area contributed by atoms with Gasteiger partial charge in [0.05, 0.1) is 38.2 Å². The summed E-state index contributed by atoms with van der Waals surface area (Å²) < 4.78 is 23.4. The molecule has 2 amide bonds. The van der Waals surface area contributed by atoms with E-state index >= 15 is 0 Å². The van der Waals surface area contributed by atoms with Crippen molar-refractivity contribution in [3.8, 4) is 11.4 Å². The molecule has 8 nitrogen and oxygen atoms in total. The van der Waals surface area contributed by atoms with Crippen LogP contribution in [0.15, 0.2) is 24.3 Å². The molecule has 9 heteroatoms. The van der Waals surface area contributed by atoms with E-state index in [4.69, 9.17) is 19.4 Å². The number of hydrogen-bond donors (Lipinski definition) is 2. The van der Waals surface area contributed by atoms with Crippen LogP contribution in [0.3, 0.4) is 0 Å². The molecule has 2 aromatic rings. The maximum absolute atomic E-state index is 12.2. The number of anilines is 2. The summed E-state index contributed by atoms with van der Waals surface area (Å²) >= 11 is 0. The Morgan fingerprint density at radius 3 is 2.83 bits per heavy atom. The fraction of sp³-hybridized carbons (Fsp3) is 0.476. The van der Waals surface area contributed by atoms with Crippen molar-refractivity contribution in [2.24, 2.45) is 0 Å². The highest BCUT2D eigenvalue weighted by Gasteiger charge is 2.27. The van der Waals surface area contributed by atoms with E-state index in [2.05, 4.69) is 22.5 Å². The second kappa shape index (κ2) is 9.36. The number of urea groups is 1. The number of amides is 2. The number of morpholine rings is 1. The number of halogens is 1. The average molecular weight is 415 g/mol. The first kappa shape index (κ1) is 20.5. The van der Waals surface area contributed by atoms with E-state index in [1.54, 1.807) is 12.1 Å². The zero-order valence-electron chi connectivity index (χ0n) is 17.0. The highest BCUT2D eigenvalue weighted by Crippen LogP contribution is 2.31. The zero-order chi connectivity index (χ0) is 20.9. The number of aromatic nitrogens is 2. The van der Waals surface area contributed by atoms with Crippen molar-refractivity contribution < 1.29 is 18.7 Å². The highest BCUT2D eigenvalue weighted by atomic mass is 19.1. The normalized spacial score (nSPS) is 18.6. The lowest BCUT2D eigenvalue weighted by Gasteiger charge is -2.36. The van der Waals surface area contributed by atoms with Crippen LogP contribution in [0.5, 0.6) is 0 Å². The van der Waals surface area contributed by atoms with Crippen LogP contribution in [0.25, 0.3) is 11.4 Å². The van der Waals surface area contributed by atoms with Crippen molar-refractivity contribution in [1.29, 1.82) is 0 Å². The summed E-state index contributed by atoms with van der Waals surface area (Å²) in [5.41, 5.74) is 3.55. The third-order valence-corrected chi connectivity index (χ3v) is 5.22. The minimum Gasteiger partial charge on any atom is -0.377 e. The van der Waals surface area contributed by atoms with Gasteiger partial charge in [-0.15, -0.1) is 0 Å². The number of carbonyl (C=O) groups is 1. The molecule has 2 aliphatic rings. The van der Waals surface area contributed by atoms with E-state index in [-0.39, 0.29) is 12.6 Å². The van der Waals surface area contributed by atoms with Gasteiger partial charge < -0.3 is 25.0 Å². The summed E-state index contributed by atoms with van der Waals surface area (Å²) in [5, 5.41) is 5.11. The van der Waals surface area contributed by atoms with Gasteiger partial charge in [-0.25, -0.2) is 19.2 Å². The van der Waals surface area contributed by atoms with Crippen molar-refractivity contribution in [3.63, 3.8) is 0 Å². The van der Waals surface area contributed by atoms with Crippen LogP contribution in [0.4, 0.5) is 20.7 Å². The summed E-state index contributed by atoms with van der Waals surface area (Å²) in [6.07, 6.45) is 0.755. The monoisotopic (exact) mass is 415 g/mol. The Morgan fingerprint density at radius 1 is 1.23 bits per heavy atom. The molecule has 0 bridgehead atoms. The molecule has 3 heterocycles. The van der Waals surface area contributed by atoms with Gasteiger partial charge in [0, 0.05) is 36.3 Å². The smallest absolute Gasteiger partial charge is 0.319 e. The minimum absolute atomic E-state index is 0.0145. The van der Waals surface area contributed by atoms with Crippen LogP contribution in [0.1, 0.15) is 18.2 Å². The molecule has 160 valence electrons. The molecular weight excluding hydrogens is 389 g/mol. The molecule has 2 N–H and O–H groups in total. The zero-order valence-corrected chi connectivity index (χ0v) is 17.0. The summed E-state index contributed by atoms with van der Waals surface area (Å²) in [4.78, 5) is 23.7. The fourth-order valence-electron chi connectivity index (χ4n) is 3.66. The second-order valence-corrected chi connectivity index (χ2v) is 7.36. The van der Waals surface area contributed by atoms with E-state index in [1.807, 2.05) is 12.1 Å². The predicted molar refractivity (Wildman–Crippen MR) is 111 cm³/mol. The average Bonchev–Trinajstić information content (AvgIpc) is 2.78. The van der Waals surface area contributed by atoms with Gasteiger partial charge in [0.15, 0.2) is 5.82 Å². The quantitative estimate of drug-likeness (QED) is 0.780. The molecule has 0 aliphatic carbocycles. The number of nitrogens with one attached hydrogen (secondary N) is 2. The standard InChI is InChI=1S/C21H26FN5O3/c1-14-12-30-11-9-27(14)20-17-13-29-10-6-18(17)25-19(26-20)15-2-4-16(5-3-15)24-21(28)23-8-7-22/h2-5,14H,6-13H2,1H3,(H2,23,24,28). The lowest BCUT2D eigenvalue weighted by atomic mass is 10.1. The van der Waals surface area contributed by atoms with Crippen LogP contribution < -0.4 is 15.5 Å². The topological polar surface area (TPSA) is 88.6 Å². The molecule has 2 aliphatic heterocycles. The maximum atomic E-state index is 12.2. The lowest BCUT2D eigenvalue weighted by Crippen LogP contribution is -2.45. The molecule has 0 radical (unpaired) electrons. The van der Waals surface area contributed by atoms with Gasteiger partial charge in [-0.1, -0.05) is 0 Å². The van der Waals surface area contributed by atoms with Crippen LogP contribution >= 0.6 is 0 Å². The molecule has 0 saturated carbocycles. The largest absolute Gasteiger partial charge is 0.377 e. The third-order valence-electron chi connectivity index (χ3n) is 5.22. The van der Waals surface area contributed by atoms with Crippen LogP contribution in [0, 0.1) is 0 Å². The molecule has 0 spiro atoms. The molecule has 1 atom stereocenters. The number of benzene rings is 1. The Labute approximate surface area is 174 Å². The van der Waals surface area contributed by atoms with Gasteiger partial charge in [0.2, 0.25) is 0 Å². The van der Waals surface area contributed by atoms with Crippen molar-refractivity contribution in [3.05, 3.63) is 35.5 Å². The summed E-state index contributed by atoms with van der Waals surface area (Å²) in [7, 11) is 0. The number of nitrogens with zero attached hydrogens (tertiary/aromatic N) is 3. The van der Waals surface area contributed by atoms with Gasteiger partial charge in [-0.2, -0.15) is 0 Å². The van der Waals surface area contributed by atoms with Gasteiger partial charge in [0.1, 0.15) is 12.5 Å². The first-order valence-electron chi connectivity index (χ1n) is 10.2. The summed E-state index contributed by atoms with van der Waals surface area (Å²) in [6, 6.07) is 7.10. The van der Waals surface area contributed by atoms with Crippen LogP contribution in [-0.2, 0) is 22.5 Å². The number of ether oxygens (including phenoxy) is 2. The van der Waals surface area contributed by atoms with Gasteiger partial charge in [0.25, 0.3) is 0 Å². The van der Waals surface area contributed by atoms with E-state index in [0.717, 1.165) is 35.6 Å². The molecule has 1 saturated heterocycles. The number of hydrogen-bond acceptors (Lipinski definition) is 6. The number of alkyl halides is 1. The van der Waals surface area contributed by atoms with Crippen molar-refractivity contribution in [1.82, 2.24) is 15.3 Å². The first-order valence-corrected chi connectivity index (χ1v) is 10.2. The SMILES string of the molecule is CC1COCCN1c1nc(-c2ccc(NC(=O)NCCF)cc2)nc2c1COCC2. The molecule has 1 aromatic heterocycles. The van der Waals surface area contributed by atoms with Gasteiger partial charge in [-0.05, 0) is 31.2 Å². The van der Waals surface area contributed by atoms with E-state index in [9.17, 15) is 9.18 Å². The second-order valence-electron chi connectivity index (χ2n) is 7.36. The van der Waals surface area contributed by atoms with E-state index in [1.165, 1.54) is 0 Å². The Morgan fingerprint density at radius 2 is 2.07 bits per heavy atom. The molecular formula is C21H26FN5O3. The summed E-state index contributed by atoms with van der Waals surface area (Å²) in [6.45, 7) is 4.80. The van der Waals surface area contributed by atoms with E-state index < -0.39 is 12.7 Å².